The molecule has 2 heterocycles. The number of sulfonamides is 1. The van der Waals surface area contributed by atoms with Gasteiger partial charge < -0.3 is 10.1 Å². The van der Waals surface area contributed by atoms with Gasteiger partial charge in [-0.3, -0.25) is 0 Å². The molecule has 1 saturated heterocycles. The molecular weight excluding hydrogens is 430 g/mol. The van der Waals surface area contributed by atoms with Crippen molar-refractivity contribution in [2.45, 2.75) is 24.7 Å². The summed E-state index contributed by atoms with van der Waals surface area (Å²) in [5.74, 6) is 1.07. The summed E-state index contributed by atoms with van der Waals surface area (Å²) in [5, 5.41) is 4.35. The van der Waals surface area contributed by atoms with Crippen molar-refractivity contribution in [3.63, 3.8) is 0 Å². The van der Waals surface area contributed by atoms with Crippen LogP contribution in [0.5, 0.6) is 5.75 Å². The number of nitrogens with zero attached hydrogens (tertiary/aromatic N) is 2. The normalized spacial score (nSPS) is 15.7. The first-order valence-electron chi connectivity index (χ1n) is 10.4. The van der Waals surface area contributed by atoms with E-state index in [1.54, 1.807) is 47.0 Å². The Morgan fingerprint density at radius 3 is 2.58 bits per heavy atom. The van der Waals surface area contributed by atoms with Gasteiger partial charge in [0, 0.05) is 25.8 Å². The third kappa shape index (κ3) is 5.08. The van der Waals surface area contributed by atoms with Crippen LogP contribution in [-0.2, 0) is 10.0 Å². The van der Waals surface area contributed by atoms with E-state index in [4.69, 9.17) is 4.74 Å². The number of benzene rings is 2. The Hall–Kier alpha value is -2.42. The predicted molar refractivity (Wildman–Crippen MR) is 125 cm³/mol. The molecule has 0 saturated carbocycles. The van der Waals surface area contributed by atoms with Crippen LogP contribution in [0.4, 0.5) is 5.13 Å². The molecule has 8 heteroatoms. The summed E-state index contributed by atoms with van der Waals surface area (Å²) in [6, 6.07) is 15.0. The van der Waals surface area contributed by atoms with E-state index in [0.717, 1.165) is 29.4 Å². The van der Waals surface area contributed by atoms with Crippen molar-refractivity contribution in [1.82, 2.24) is 9.29 Å². The van der Waals surface area contributed by atoms with Crippen molar-refractivity contribution in [1.29, 1.82) is 0 Å². The molecule has 3 aromatic rings. The molecule has 0 atom stereocenters. The summed E-state index contributed by atoms with van der Waals surface area (Å²) < 4.78 is 32.5. The molecule has 2 aromatic carbocycles. The van der Waals surface area contributed by atoms with E-state index < -0.39 is 10.0 Å². The Kier molecular flexibility index (Phi) is 6.60. The van der Waals surface area contributed by atoms with Crippen molar-refractivity contribution in [3.05, 3.63) is 60.3 Å². The fourth-order valence-corrected chi connectivity index (χ4v) is 6.06. The number of nitrogens with one attached hydrogen (secondary N) is 1. The Balaban J connectivity index is 1.30. The van der Waals surface area contributed by atoms with Crippen molar-refractivity contribution in [2.75, 3.05) is 32.1 Å². The quantitative estimate of drug-likeness (QED) is 0.560. The van der Waals surface area contributed by atoms with Crippen LogP contribution in [0.25, 0.3) is 10.4 Å². The van der Waals surface area contributed by atoms with Crippen LogP contribution in [-0.4, -0.2) is 44.5 Å². The number of thiazole rings is 1. The molecule has 1 N–H and O–H groups in total. The SMILES string of the molecule is COc1ccc(S(=O)(=O)N2CCC(CNc3ncc(-c4cccc(C)c4)s3)CC2)cc1. The molecule has 0 amide bonds. The minimum absolute atomic E-state index is 0.316. The summed E-state index contributed by atoms with van der Waals surface area (Å²) in [6.07, 6.45) is 3.57. The van der Waals surface area contributed by atoms with Gasteiger partial charge in [-0.1, -0.05) is 41.2 Å². The van der Waals surface area contributed by atoms with Crippen LogP contribution in [0.2, 0.25) is 0 Å². The second kappa shape index (κ2) is 9.38. The summed E-state index contributed by atoms with van der Waals surface area (Å²) in [7, 11) is -1.89. The summed E-state index contributed by atoms with van der Waals surface area (Å²) >= 11 is 1.65. The fraction of sp³-hybridized carbons (Fsp3) is 0.348. The van der Waals surface area contributed by atoms with Gasteiger partial charge in [-0.05, 0) is 55.5 Å². The summed E-state index contributed by atoms with van der Waals surface area (Å²) in [6.45, 7) is 3.96. The van der Waals surface area contributed by atoms with Gasteiger partial charge in [0.25, 0.3) is 0 Å². The smallest absolute Gasteiger partial charge is 0.243 e. The summed E-state index contributed by atoms with van der Waals surface area (Å²) in [5.41, 5.74) is 2.42. The minimum Gasteiger partial charge on any atom is -0.497 e. The van der Waals surface area contributed by atoms with E-state index in [0.29, 0.717) is 29.7 Å². The van der Waals surface area contributed by atoms with E-state index >= 15 is 0 Å². The number of hydrogen-bond acceptors (Lipinski definition) is 6. The lowest BCUT2D eigenvalue weighted by molar-refractivity contribution is 0.282. The highest BCUT2D eigenvalue weighted by atomic mass is 32.2. The van der Waals surface area contributed by atoms with Crippen molar-refractivity contribution < 1.29 is 13.2 Å². The Morgan fingerprint density at radius 1 is 1.16 bits per heavy atom. The molecule has 1 aliphatic rings. The van der Waals surface area contributed by atoms with Gasteiger partial charge in [-0.15, -0.1) is 0 Å². The molecule has 31 heavy (non-hydrogen) atoms. The van der Waals surface area contributed by atoms with Crippen molar-refractivity contribution >= 4 is 26.5 Å². The van der Waals surface area contributed by atoms with Gasteiger partial charge >= 0.3 is 0 Å². The second-order valence-corrected chi connectivity index (χ2v) is 10.8. The molecule has 0 radical (unpaired) electrons. The topological polar surface area (TPSA) is 71.5 Å². The zero-order valence-corrected chi connectivity index (χ0v) is 19.4. The second-order valence-electron chi connectivity index (χ2n) is 7.80. The van der Waals surface area contributed by atoms with Crippen LogP contribution in [0.3, 0.4) is 0 Å². The van der Waals surface area contributed by atoms with Gasteiger partial charge in [-0.2, -0.15) is 4.31 Å². The minimum atomic E-state index is -3.46. The molecule has 1 aliphatic heterocycles. The number of piperidine rings is 1. The lowest BCUT2D eigenvalue weighted by Gasteiger charge is -2.31. The molecule has 4 rings (SSSR count). The van der Waals surface area contributed by atoms with Crippen molar-refractivity contribution in [3.8, 4) is 16.2 Å². The maximum atomic E-state index is 12.9. The molecule has 0 bridgehead atoms. The highest BCUT2D eigenvalue weighted by Crippen LogP contribution is 2.30. The van der Waals surface area contributed by atoms with E-state index in [1.165, 1.54) is 11.1 Å². The predicted octanol–water partition coefficient (Wildman–Crippen LogP) is 4.64. The van der Waals surface area contributed by atoms with Gasteiger partial charge in [0.05, 0.1) is 16.9 Å². The first-order chi connectivity index (χ1) is 15.0. The molecule has 0 spiro atoms. The standard InChI is InChI=1S/C23H27N3O3S2/c1-17-4-3-5-19(14-17)22-16-25-23(30-22)24-15-18-10-12-26(13-11-18)31(27,28)21-8-6-20(29-2)7-9-21/h3-9,14,16,18H,10-13,15H2,1-2H3,(H,24,25). The first-order valence-corrected chi connectivity index (χ1v) is 12.6. The Bertz CT molecular complexity index is 1120. The Labute approximate surface area is 188 Å². The third-order valence-corrected chi connectivity index (χ3v) is 8.54. The number of aromatic nitrogens is 1. The van der Waals surface area contributed by atoms with E-state index in [2.05, 4.69) is 41.5 Å². The summed E-state index contributed by atoms with van der Waals surface area (Å²) in [4.78, 5) is 5.97. The van der Waals surface area contributed by atoms with E-state index in [-0.39, 0.29) is 0 Å². The van der Waals surface area contributed by atoms with Gasteiger partial charge in [0.15, 0.2) is 5.13 Å². The van der Waals surface area contributed by atoms with Crippen LogP contribution in [0.1, 0.15) is 18.4 Å². The zero-order chi connectivity index (χ0) is 21.8. The van der Waals surface area contributed by atoms with E-state index in [9.17, 15) is 8.42 Å². The highest BCUT2D eigenvalue weighted by Gasteiger charge is 2.29. The maximum absolute atomic E-state index is 12.9. The first kappa shape index (κ1) is 21.8. The van der Waals surface area contributed by atoms with Crippen LogP contribution in [0.15, 0.2) is 59.6 Å². The zero-order valence-electron chi connectivity index (χ0n) is 17.7. The van der Waals surface area contributed by atoms with Gasteiger partial charge in [0.2, 0.25) is 10.0 Å². The average molecular weight is 458 g/mol. The largest absolute Gasteiger partial charge is 0.497 e. The van der Waals surface area contributed by atoms with Crippen molar-refractivity contribution in [2.24, 2.45) is 5.92 Å². The fourth-order valence-electron chi connectivity index (χ4n) is 3.77. The third-order valence-electron chi connectivity index (χ3n) is 5.62. The van der Waals surface area contributed by atoms with Gasteiger partial charge in [0.1, 0.15) is 5.75 Å². The monoisotopic (exact) mass is 457 g/mol. The molecular formula is C23H27N3O3S2. The molecule has 1 fully saturated rings. The molecule has 6 nitrogen and oxygen atoms in total. The molecule has 1 aromatic heterocycles. The van der Waals surface area contributed by atoms with Gasteiger partial charge in [-0.25, -0.2) is 13.4 Å². The van der Waals surface area contributed by atoms with Crippen LogP contribution in [0, 0.1) is 12.8 Å². The van der Waals surface area contributed by atoms with Crippen LogP contribution < -0.4 is 10.1 Å². The highest BCUT2D eigenvalue weighted by molar-refractivity contribution is 7.89. The number of methoxy groups -OCH3 is 1. The number of rotatable bonds is 7. The molecule has 164 valence electrons. The number of hydrogen-bond donors (Lipinski definition) is 1. The van der Waals surface area contributed by atoms with E-state index in [1.807, 2.05) is 6.20 Å². The average Bonchev–Trinajstić information content (AvgIpc) is 3.27. The number of aryl methyl sites for hydroxylation is 1. The lowest BCUT2D eigenvalue weighted by atomic mass is 9.98. The number of ether oxygens (including phenoxy) is 1. The molecule has 0 aliphatic carbocycles. The Morgan fingerprint density at radius 2 is 1.90 bits per heavy atom. The molecule has 0 unspecified atom stereocenters. The van der Waals surface area contributed by atoms with Crippen LogP contribution >= 0.6 is 11.3 Å². The lowest BCUT2D eigenvalue weighted by Crippen LogP contribution is -2.39. The maximum Gasteiger partial charge on any atom is 0.243 e. The number of anilines is 1.